The van der Waals surface area contributed by atoms with Gasteiger partial charge in [0.1, 0.15) is 5.82 Å². The molecular formula is C12H11N5. The molecule has 3 aromatic rings. The Hall–Kier alpha value is -2.43. The number of hydrogen-bond acceptors (Lipinski definition) is 4. The standard InChI is InChI=1S/C12H11N5/c1-17-7-10(5-16-17)9-2-8-3-12(13)15-6-11(8)14-4-9/h2-7H,1H3,(H2,13,15). The monoisotopic (exact) mass is 225 g/mol. The number of nitrogens with two attached hydrogens (primary N) is 1. The second-order valence-corrected chi connectivity index (χ2v) is 3.93. The summed E-state index contributed by atoms with van der Waals surface area (Å²) in [6, 6.07) is 3.86. The number of pyridine rings is 2. The minimum Gasteiger partial charge on any atom is -0.384 e. The summed E-state index contributed by atoms with van der Waals surface area (Å²) in [5.41, 5.74) is 8.56. The van der Waals surface area contributed by atoms with Gasteiger partial charge in [0.15, 0.2) is 0 Å². The Bertz CT molecular complexity index is 686. The van der Waals surface area contributed by atoms with Crippen LogP contribution in [0.2, 0.25) is 0 Å². The Labute approximate surface area is 97.9 Å². The van der Waals surface area contributed by atoms with Crippen molar-refractivity contribution in [3.63, 3.8) is 0 Å². The van der Waals surface area contributed by atoms with Crippen LogP contribution >= 0.6 is 0 Å². The molecule has 0 spiro atoms. The zero-order chi connectivity index (χ0) is 11.8. The van der Waals surface area contributed by atoms with Crippen molar-refractivity contribution in [1.82, 2.24) is 19.7 Å². The van der Waals surface area contributed by atoms with E-state index in [1.165, 1.54) is 0 Å². The van der Waals surface area contributed by atoms with Gasteiger partial charge >= 0.3 is 0 Å². The van der Waals surface area contributed by atoms with Crippen LogP contribution < -0.4 is 5.73 Å². The van der Waals surface area contributed by atoms with Crippen LogP contribution in [0.25, 0.3) is 22.0 Å². The van der Waals surface area contributed by atoms with E-state index in [0.29, 0.717) is 5.82 Å². The molecule has 3 heterocycles. The molecule has 0 aliphatic carbocycles. The van der Waals surface area contributed by atoms with Gasteiger partial charge in [-0.3, -0.25) is 9.67 Å². The molecule has 0 bridgehead atoms. The van der Waals surface area contributed by atoms with Gasteiger partial charge in [0.05, 0.1) is 17.9 Å². The first-order chi connectivity index (χ1) is 8.22. The molecule has 17 heavy (non-hydrogen) atoms. The van der Waals surface area contributed by atoms with Crippen molar-refractivity contribution in [2.45, 2.75) is 0 Å². The summed E-state index contributed by atoms with van der Waals surface area (Å²) in [7, 11) is 1.89. The number of nitrogens with zero attached hydrogens (tertiary/aromatic N) is 4. The second kappa shape index (κ2) is 3.55. The summed E-state index contributed by atoms with van der Waals surface area (Å²) in [4.78, 5) is 8.37. The summed E-state index contributed by atoms with van der Waals surface area (Å²) in [5.74, 6) is 0.502. The Balaban J connectivity index is 2.18. The third-order valence-corrected chi connectivity index (χ3v) is 2.63. The highest BCUT2D eigenvalue weighted by Gasteiger charge is 2.03. The molecule has 0 amide bonds. The molecule has 3 aromatic heterocycles. The molecule has 0 saturated heterocycles. The third kappa shape index (κ3) is 1.71. The quantitative estimate of drug-likeness (QED) is 0.683. The lowest BCUT2D eigenvalue weighted by molar-refractivity contribution is 0.768. The van der Waals surface area contributed by atoms with Crippen LogP contribution in [0.1, 0.15) is 0 Å². The van der Waals surface area contributed by atoms with E-state index in [-0.39, 0.29) is 0 Å². The normalized spacial score (nSPS) is 10.9. The molecular weight excluding hydrogens is 214 g/mol. The Morgan fingerprint density at radius 2 is 1.94 bits per heavy atom. The predicted octanol–water partition coefficient (Wildman–Crippen LogP) is 1.61. The lowest BCUT2D eigenvalue weighted by atomic mass is 10.1. The first-order valence-corrected chi connectivity index (χ1v) is 5.23. The number of anilines is 1. The molecule has 0 fully saturated rings. The number of fused-ring (bicyclic) bond motifs is 1. The summed E-state index contributed by atoms with van der Waals surface area (Å²) < 4.78 is 1.76. The predicted molar refractivity (Wildman–Crippen MR) is 66.2 cm³/mol. The third-order valence-electron chi connectivity index (χ3n) is 2.63. The molecule has 0 saturated carbocycles. The highest BCUT2D eigenvalue weighted by atomic mass is 15.2. The minimum atomic E-state index is 0.502. The molecule has 0 aliphatic rings. The number of nitrogen functional groups attached to an aromatic ring is 1. The molecule has 0 aliphatic heterocycles. The highest BCUT2D eigenvalue weighted by molar-refractivity contribution is 5.84. The molecule has 5 nitrogen and oxygen atoms in total. The number of aromatic nitrogens is 4. The molecule has 0 atom stereocenters. The average Bonchev–Trinajstić information content (AvgIpc) is 2.75. The lowest BCUT2D eigenvalue weighted by Gasteiger charge is -2.01. The van der Waals surface area contributed by atoms with E-state index in [9.17, 15) is 0 Å². The van der Waals surface area contributed by atoms with Gasteiger partial charge in [0.25, 0.3) is 0 Å². The SMILES string of the molecule is Cn1cc(-c2cnc3cnc(N)cc3c2)cn1. The van der Waals surface area contributed by atoms with Crippen molar-refractivity contribution in [3.8, 4) is 11.1 Å². The lowest BCUT2D eigenvalue weighted by Crippen LogP contribution is -1.90. The summed E-state index contributed by atoms with van der Waals surface area (Å²) >= 11 is 0. The van der Waals surface area contributed by atoms with E-state index in [0.717, 1.165) is 22.0 Å². The van der Waals surface area contributed by atoms with Crippen LogP contribution in [0.15, 0.2) is 36.9 Å². The molecule has 84 valence electrons. The van der Waals surface area contributed by atoms with Gasteiger partial charge in [-0.2, -0.15) is 5.10 Å². The van der Waals surface area contributed by atoms with E-state index >= 15 is 0 Å². The van der Waals surface area contributed by atoms with Gasteiger partial charge < -0.3 is 5.73 Å². The maximum absolute atomic E-state index is 5.66. The first-order valence-electron chi connectivity index (χ1n) is 5.23. The van der Waals surface area contributed by atoms with Gasteiger partial charge in [0, 0.05) is 36.0 Å². The van der Waals surface area contributed by atoms with Crippen molar-refractivity contribution in [3.05, 3.63) is 36.9 Å². The number of aryl methyl sites for hydroxylation is 1. The zero-order valence-corrected chi connectivity index (χ0v) is 9.33. The molecule has 0 unspecified atom stereocenters. The van der Waals surface area contributed by atoms with Crippen LogP contribution in [-0.4, -0.2) is 19.7 Å². The maximum atomic E-state index is 5.66. The van der Waals surface area contributed by atoms with Crippen molar-refractivity contribution in [2.75, 3.05) is 5.73 Å². The molecule has 0 radical (unpaired) electrons. The van der Waals surface area contributed by atoms with Crippen LogP contribution in [-0.2, 0) is 7.05 Å². The maximum Gasteiger partial charge on any atom is 0.124 e. The van der Waals surface area contributed by atoms with Crippen molar-refractivity contribution >= 4 is 16.7 Å². The Morgan fingerprint density at radius 3 is 2.71 bits per heavy atom. The summed E-state index contributed by atoms with van der Waals surface area (Å²) in [5, 5.41) is 5.13. The largest absolute Gasteiger partial charge is 0.384 e. The van der Waals surface area contributed by atoms with Crippen molar-refractivity contribution in [2.24, 2.45) is 7.05 Å². The van der Waals surface area contributed by atoms with Gasteiger partial charge in [0.2, 0.25) is 0 Å². The van der Waals surface area contributed by atoms with Crippen LogP contribution in [0.5, 0.6) is 0 Å². The summed E-state index contributed by atoms with van der Waals surface area (Å²) in [6.45, 7) is 0. The van der Waals surface area contributed by atoms with Crippen LogP contribution in [0, 0.1) is 0 Å². The van der Waals surface area contributed by atoms with E-state index in [1.54, 1.807) is 10.9 Å². The molecule has 2 N–H and O–H groups in total. The summed E-state index contributed by atoms with van der Waals surface area (Å²) in [6.07, 6.45) is 7.26. The fraction of sp³-hybridized carbons (Fsp3) is 0.0833. The average molecular weight is 225 g/mol. The smallest absolute Gasteiger partial charge is 0.124 e. The second-order valence-electron chi connectivity index (χ2n) is 3.93. The minimum absolute atomic E-state index is 0.502. The molecule has 5 heteroatoms. The Morgan fingerprint density at radius 1 is 1.06 bits per heavy atom. The Kier molecular flexibility index (Phi) is 2.04. The van der Waals surface area contributed by atoms with Crippen LogP contribution in [0.4, 0.5) is 5.82 Å². The van der Waals surface area contributed by atoms with Gasteiger partial charge in [-0.05, 0) is 12.1 Å². The fourth-order valence-corrected chi connectivity index (χ4v) is 1.78. The zero-order valence-electron chi connectivity index (χ0n) is 9.33. The van der Waals surface area contributed by atoms with E-state index in [1.807, 2.05) is 37.8 Å². The van der Waals surface area contributed by atoms with Gasteiger partial charge in [-0.1, -0.05) is 0 Å². The van der Waals surface area contributed by atoms with Gasteiger partial charge in [-0.25, -0.2) is 4.98 Å². The number of rotatable bonds is 1. The molecule has 0 aromatic carbocycles. The van der Waals surface area contributed by atoms with E-state index < -0.39 is 0 Å². The van der Waals surface area contributed by atoms with Crippen molar-refractivity contribution in [1.29, 1.82) is 0 Å². The van der Waals surface area contributed by atoms with E-state index in [2.05, 4.69) is 15.1 Å². The highest BCUT2D eigenvalue weighted by Crippen LogP contribution is 2.22. The molecule has 3 rings (SSSR count). The van der Waals surface area contributed by atoms with Crippen molar-refractivity contribution < 1.29 is 0 Å². The van der Waals surface area contributed by atoms with Crippen LogP contribution in [0.3, 0.4) is 0 Å². The first kappa shape index (κ1) is 9.77. The topological polar surface area (TPSA) is 69.6 Å². The van der Waals surface area contributed by atoms with E-state index in [4.69, 9.17) is 5.73 Å². The number of hydrogen-bond donors (Lipinski definition) is 1. The fourth-order valence-electron chi connectivity index (χ4n) is 1.78. The van der Waals surface area contributed by atoms with Gasteiger partial charge in [-0.15, -0.1) is 0 Å².